The molecular formula is C25H29N5O3S. The lowest BCUT2D eigenvalue weighted by atomic mass is 10.0. The molecule has 1 fully saturated rings. The highest BCUT2D eigenvalue weighted by Gasteiger charge is 2.20. The zero-order valence-corrected chi connectivity index (χ0v) is 20.1. The van der Waals surface area contributed by atoms with Gasteiger partial charge in [-0.1, -0.05) is 6.07 Å². The Hall–Kier alpha value is -2.88. The van der Waals surface area contributed by atoms with Crippen molar-refractivity contribution in [2.75, 3.05) is 37.8 Å². The molecule has 0 unspecified atom stereocenters. The molecule has 2 aromatic carbocycles. The average Bonchev–Trinajstić information content (AvgIpc) is 2.87. The van der Waals surface area contributed by atoms with Crippen LogP contribution in [-0.2, 0) is 17.9 Å². The highest BCUT2D eigenvalue weighted by atomic mass is 32.2. The second-order valence-electron chi connectivity index (χ2n) is 8.77. The van der Waals surface area contributed by atoms with Crippen molar-refractivity contribution in [1.29, 1.82) is 0 Å². The Morgan fingerprint density at radius 1 is 1.15 bits per heavy atom. The number of rotatable bonds is 7. The van der Waals surface area contributed by atoms with Crippen LogP contribution in [0.1, 0.15) is 18.4 Å². The quantitative estimate of drug-likeness (QED) is 0.539. The number of thioether (sulfide) groups is 1. The first-order valence-electron chi connectivity index (χ1n) is 11.6. The summed E-state index contributed by atoms with van der Waals surface area (Å²) in [5.74, 6) is 1.28. The fraction of sp³-hybridized carbons (Fsp3) is 0.400. The number of aromatic nitrogens is 2. The van der Waals surface area contributed by atoms with E-state index in [2.05, 4.69) is 38.7 Å². The minimum Gasteiger partial charge on any atom is -0.497 e. The van der Waals surface area contributed by atoms with E-state index in [4.69, 9.17) is 4.74 Å². The van der Waals surface area contributed by atoms with Crippen molar-refractivity contribution in [2.45, 2.75) is 36.9 Å². The molecule has 3 aromatic rings. The first-order valence-corrected chi connectivity index (χ1v) is 12.6. The molecule has 0 bridgehead atoms. The number of amides is 1. The van der Waals surface area contributed by atoms with E-state index in [0.29, 0.717) is 18.3 Å². The SMILES string of the molecule is COc1ccc2ncc(=O)n(CCN3CCC(NCc4ccc5c(c4)NC(=O)CS5)CC3)c2c1. The van der Waals surface area contributed by atoms with Crippen molar-refractivity contribution in [2.24, 2.45) is 0 Å². The van der Waals surface area contributed by atoms with E-state index in [1.165, 1.54) is 11.8 Å². The number of piperidine rings is 1. The Kier molecular flexibility index (Phi) is 6.85. The minimum absolute atomic E-state index is 0.0659. The Labute approximate surface area is 202 Å². The predicted molar refractivity (Wildman–Crippen MR) is 135 cm³/mol. The molecule has 9 heteroatoms. The predicted octanol–water partition coefficient (Wildman–Crippen LogP) is 2.70. The molecule has 1 saturated heterocycles. The second kappa shape index (κ2) is 10.2. The van der Waals surface area contributed by atoms with Gasteiger partial charge in [-0.25, -0.2) is 4.98 Å². The minimum atomic E-state index is -0.0862. The highest BCUT2D eigenvalue weighted by Crippen LogP contribution is 2.32. The van der Waals surface area contributed by atoms with Gasteiger partial charge in [0.2, 0.25) is 5.91 Å². The molecule has 178 valence electrons. The van der Waals surface area contributed by atoms with Gasteiger partial charge in [-0.05, 0) is 55.8 Å². The maximum absolute atomic E-state index is 12.5. The number of nitrogens with one attached hydrogen (secondary N) is 2. The Bertz CT molecular complexity index is 1250. The van der Waals surface area contributed by atoms with E-state index < -0.39 is 0 Å². The number of ether oxygens (including phenoxy) is 1. The van der Waals surface area contributed by atoms with Crippen LogP contribution in [0, 0.1) is 0 Å². The van der Waals surface area contributed by atoms with Crippen LogP contribution in [0.3, 0.4) is 0 Å². The molecule has 0 aliphatic carbocycles. The summed E-state index contributed by atoms with van der Waals surface area (Å²) in [5, 5.41) is 6.64. The molecular weight excluding hydrogens is 450 g/mol. The van der Waals surface area contributed by atoms with Crippen molar-refractivity contribution in [3.63, 3.8) is 0 Å². The topological polar surface area (TPSA) is 88.5 Å². The lowest BCUT2D eigenvalue weighted by Gasteiger charge is -2.32. The third kappa shape index (κ3) is 5.11. The smallest absolute Gasteiger partial charge is 0.269 e. The number of fused-ring (bicyclic) bond motifs is 2. The monoisotopic (exact) mass is 479 g/mol. The third-order valence-corrected chi connectivity index (χ3v) is 7.63. The number of hydrogen-bond acceptors (Lipinski definition) is 7. The largest absolute Gasteiger partial charge is 0.497 e. The standard InChI is InChI=1S/C25H29N5O3S/c1-33-19-3-4-20-22(13-19)30(25(32)15-27-20)11-10-29-8-6-18(7-9-29)26-14-17-2-5-23-21(12-17)28-24(31)16-34-23/h2-5,12-13,15,18,26H,6-11,14,16H2,1H3,(H,28,31). The molecule has 1 amide bonds. The molecule has 0 saturated carbocycles. The van der Waals surface area contributed by atoms with E-state index in [9.17, 15) is 9.59 Å². The first-order chi connectivity index (χ1) is 16.6. The van der Waals surface area contributed by atoms with Gasteiger partial charge in [0, 0.05) is 36.6 Å². The summed E-state index contributed by atoms with van der Waals surface area (Å²) in [7, 11) is 1.63. The van der Waals surface area contributed by atoms with Crippen LogP contribution in [0.4, 0.5) is 5.69 Å². The molecule has 5 rings (SSSR count). The van der Waals surface area contributed by atoms with Gasteiger partial charge in [0.05, 0.1) is 35.8 Å². The zero-order valence-electron chi connectivity index (χ0n) is 19.3. The fourth-order valence-corrected chi connectivity index (χ4v) is 5.39. The van der Waals surface area contributed by atoms with E-state index >= 15 is 0 Å². The van der Waals surface area contributed by atoms with Gasteiger partial charge < -0.3 is 24.8 Å². The fourth-order valence-electron chi connectivity index (χ4n) is 4.60. The molecule has 2 aliphatic rings. The molecule has 2 aliphatic heterocycles. The third-order valence-electron chi connectivity index (χ3n) is 6.55. The van der Waals surface area contributed by atoms with E-state index in [-0.39, 0.29) is 11.5 Å². The lowest BCUT2D eigenvalue weighted by Crippen LogP contribution is -2.43. The van der Waals surface area contributed by atoms with Crippen LogP contribution in [0.2, 0.25) is 0 Å². The van der Waals surface area contributed by atoms with Crippen molar-refractivity contribution < 1.29 is 9.53 Å². The van der Waals surface area contributed by atoms with Gasteiger partial charge >= 0.3 is 0 Å². The van der Waals surface area contributed by atoms with Gasteiger partial charge in [-0.2, -0.15) is 0 Å². The van der Waals surface area contributed by atoms with Crippen LogP contribution in [0.25, 0.3) is 11.0 Å². The van der Waals surface area contributed by atoms with Crippen molar-refractivity contribution >= 4 is 34.4 Å². The van der Waals surface area contributed by atoms with Crippen molar-refractivity contribution in [3.05, 3.63) is 58.5 Å². The van der Waals surface area contributed by atoms with Crippen LogP contribution in [0.5, 0.6) is 5.75 Å². The average molecular weight is 480 g/mol. The number of benzene rings is 2. The molecule has 34 heavy (non-hydrogen) atoms. The first kappa shape index (κ1) is 22.9. The number of hydrogen-bond donors (Lipinski definition) is 2. The summed E-state index contributed by atoms with van der Waals surface area (Å²) >= 11 is 1.59. The van der Waals surface area contributed by atoms with Gasteiger partial charge in [0.1, 0.15) is 5.75 Å². The molecule has 2 N–H and O–H groups in total. The number of methoxy groups -OCH3 is 1. The number of carbonyl (C=O) groups excluding carboxylic acids is 1. The van der Waals surface area contributed by atoms with Crippen LogP contribution in [-0.4, -0.2) is 58.9 Å². The molecule has 3 heterocycles. The van der Waals surface area contributed by atoms with E-state index in [1.807, 2.05) is 18.2 Å². The Morgan fingerprint density at radius 2 is 2.00 bits per heavy atom. The molecule has 0 radical (unpaired) electrons. The summed E-state index contributed by atoms with van der Waals surface area (Å²) in [6.45, 7) is 4.23. The van der Waals surface area contributed by atoms with Gasteiger partial charge in [0.25, 0.3) is 5.56 Å². The summed E-state index contributed by atoms with van der Waals surface area (Å²) < 4.78 is 7.12. The molecule has 0 spiro atoms. The van der Waals surface area contributed by atoms with Gasteiger partial charge in [0.15, 0.2) is 0 Å². The Morgan fingerprint density at radius 3 is 2.82 bits per heavy atom. The van der Waals surface area contributed by atoms with Crippen molar-refractivity contribution in [1.82, 2.24) is 19.8 Å². The van der Waals surface area contributed by atoms with Gasteiger partial charge in [-0.15, -0.1) is 11.8 Å². The van der Waals surface area contributed by atoms with Crippen LogP contribution in [0.15, 0.2) is 52.3 Å². The zero-order chi connectivity index (χ0) is 23.5. The van der Waals surface area contributed by atoms with Crippen LogP contribution >= 0.6 is 11.8 Å². The highest BCUT2D eigenvalue weighted by molar-refractivity contribution is 8.00. The Balaban J connectivity index is 1.13. The maximum Gasteiger partial charge on any atom is 0.269 e. The second-order valence-corrected chi connectivity index (χ2v) is 9.78. The summed E-state index contributed by atoms with van der Waals surface area (Å²) in [6, 6.07) is 12.4. The number of nitrogens with zero attached hydrogens (tertiary/aromatic N) is 3. The number of likely N-dealkylation sites (tertiary alicyclic amines) is 1. The van der Waals surface area contributed by atoms with Gasteiger partial charge in [-0.3, -0.25) is 9.59 Å². The van der Waals surface area contributed by atoms with Crippen LogP contribution < -0.4 is 20.9 Å². The van der Waals surface area contributed by atoms with E-state index in [1.54, 1.807) is 23.4 Å². The molecule has 1 aromatic heterocycles. The molecule has 0 atom stereocenters. The lowest BCUT2D eigenvalue weighted by molar-refractivity contribution is -0.113. The summed E-state index contributed by atoms with van der Waals surface area (Å²) in [6.07, 6.45) is 3.53. The number of carbonyl (C=O) groups is 1. The molecule has 8 nitrogen and oxygen atoms in total. The number of anilines is 1. The summed E-state index contributed by atoms with van der Waals surface area (Å²) in [4.78, 5) is 32.0. The normalized spacial score (nSPS) is 16.9. The van der Waals surface area contributed by atoms with Crippen molar-refractivity contribution in [3.8, 4) is 5.75 Å². The van der Waals surface area contributed by atoms with E-state index in [0.717, 1.165) is 66.4 Å². The maximum atomic E-state index is 12.5. The summed E-state index contributed by atoms with van der Waals surface area (Å²) in [5.41, 5.74) is 3.62.